The molecule has 1 N–H and O–H groups in total. The second-order valence-corrected chi connectivity index (χ2v) is 5.55. The van der Waals surface area contributed by atoms with Crippen LogP contribution in [-0.2, 0) is 0 Å². The van der Waals surface area contributed by atoms with Gasteiger partial charge in [0.05, 0.1) is 11.4 Å². The smallest absolute Gasteiger partial charge is 0.243 e. The number of aromatic nitrogens is 3. The maximum atomic E-state index is 4.40. The van der Waals surface area contributed by atoms with Gasteiger partial charge in [0.15, 0.2) is 0 Å². The first kappa shape index (κ1) is 11.3. The SMILES string of the molecule is Cc1nnc(NC2CCC(C)(C)C2)nc1C. The van der Waals surface area contributed by atoms with Crippen molar-refractivity contribution in [1.82, 2.24) is 15.2 Å². The fraction of sp³-hybridized carbons (Fsp3) is 0.750. The topological polar surface area (TPSA) is 50.7 Å². The fourth-order valence-electron chi connectivity index (χ4n) is 2.26. The Morgan fingerprint density at radius 3 is 2.50 bits per heavy atom. The van der Waals surface area contributed by atoms with Crippen LogP contribution in [0.2, 0.25) is 0 Å². The van der Waals surface area contributed by atoms with E-state index in [4.69, 9.17) is 0 Å². The molecular weight excluding hydrogens is 200 g/mol. The molecule has 1 fully saturated rings. The molecule has 1 saturated carbocycles. The third kappa shape index (κ3) is 2.49. The van der Waals surface area contributed by atoms with Crippen LogP contribution >= 0.6 is 0 Å². The molecule has 0 amide bonds. The lowest BCUT2D eigenvalue weighted by Crippen LogP contribution is -2.20. The third-order valence-electron chi connectivity index (χ3n) is 3.39. The summed E-state index contributed by atoms with van der Waals surface area (Å²) >= 11 is 0. The molecule has 1 atom stereocenters. The Balaban J connectivity index is 2.02. The van der Waals surface area contributed by atoms with Crippen molar-refractivity contribution in [2.45, 2.75) is 53.0 Å². The van der Waals surface area contributed by atoms with Crippen molar-refractivity contribution in [3.8, 4) is 0 Å². The first-order chi connectivity index (χ1) is 7.46. The Morgan fingerprint density at radius 2 is 1.94 bits per heavy atom. The van der Waals surface area contributed by atoms with Crippen LogP contribution in [0.1, 0.15) is 44.5 Å². The summed E-state index contributed by atoms with van der Waals surface area (Å²) < 4.78 is 0. The highest BCUT2D eigenvalue weighted by Gasteiger charge is 2.31. The van der Waals surface area contributed by atoms with Crippen LogP contribution < -0.4 is 5.32 Å². The summed E-state index contributed by atoms with van der Waals surface area (Å²) in [7, 11) is 0. The Hall–Kier alpha value is -1.19. The summed E-state index contributed by atoms with van der Waals surface area (Å²) in [6, 6.07) is 0.499. The molecule has 0 saturated heterocycles. The molecule has 0 aromatic carbocycles. The highest BCUT2D eigenvalue weighted by Crippen LogP contribution is 2.37. The maximum absolute atomic E-state index is 4.40. The van der Waals surface area contributed by atoms with Gasteiger partial charge in [-0.2, -0.15) is 5.10 Å². The molecule has 1 heterocycles. The van der Waals surface area contributed by atoms with E-state index in [1.807, 2.05) is 13.8 Å². The van der Waals surface area contributed by atoms with Gasteiger partial charge in [0.2, 0.25) is 5.95 Å². The summed E-state index contributed by atoms with van der Waals surface area (Å²) in [5, 5.41) is 11.5. The molecular formula is C12H20N4. The van der Waals surface area contributed by atoms with Gasteiger partial charge in [-0.25, -0.2) is 4.98 Å². The highest BCUT2D eigenvalue weighted by molar-refractivity contribution is 5.27. The van der Waals surface area contributed by atoms with E-state index in [1.54, 1.807) is 0 Å². The average Bonchev–Trinajstić information content (AvgIpc) is 2.52. The van der Waals surface area contributed by atoms with Gasteiger partial charge in [0.25, 0.3) is 0 Å². The maximum Gasteiger partial charge on any atom is 0.243 e. The Bertz CT molecular complexity index is 387. The molecule has 4 heteroatoms. The summed E-state index contributed by atoms with van der Waals surface area (Å²) in [6.45, 7) is 8.52. The number of nitrogens with one attached hydrogen (secondary N) is 1. The van der Waals surface area contributed by atoms with E-state index in [0.717, 1.165) is 11.4 Å². The van der Waals surface area contributed by atoms with Gasteiger partial charge in [0, 0.05) is 6.04 Å². The third-order valence-corrected chi connectivity index (χ3v) is 3.39. The molecule has 0 aliphatic heterocycles. The van der Waals surface area contributed by atoms with Crippen molar-refractivity contribution in [2.75, 3.05) is 5.32 Å². The molecule has 1 aromatic rings. The van der Waals surface area contributed by atoms with E-state index in [2.05, 4.69) is 34.3 Å². The van der Waals surface area contributed by atoms with Crippen molar-refractivity contribution in [1.29, 1.82) is 0 Å². The summed E-state index contributed by atoms with van der Waals surface area (Å²) in [6.07, 6.45) is 3.65. The van der Waals surface area contributed by atoms with Crippen molar-refractivity contribution in [3.63, 3.8) is 0 Å². The van der Waals surface area contributed by atoms with E-state index in [-0.39, 0.29) is 0 Å². The summed E-state index contributed by atoms with van der Waals surface area (Å²) in [5.74, 6) is 0.672. The van der Waals surface area contributed by atoms with Gasteiger partial charge >= 0.3 is 0 Å². The number of nitrogens with zero attached hydrogens (tertiary/aromatic N) is 3. The largest absolute Gasteiger partial charge is 0.350 e. The van der Waals surface area contributed by atoms with Gasteiger partial charge in [0.1, 0.15) is 0 Å². The standard InChI is InChI=1S/C12H20N4/c1-8-9(2)15-16-11(13-8)14-10-5-6-12(3,4)7-10/h10H,5-7H2,1-4H3,(H,13,14,16). The van der Waals surface area contributed by atoms with Crippen LogP contribution in [0.5, 0.6) is 0 Å². The van der Waals surface area contributed by atoms with E-state index in [9.17, 15) is 0 Å². The van der Waals surface area contributed by atoms with E-state index >= 15 is 0 Å². The van der Waals surface area contributed by atoms with Crippen LogP contribution in [0.4, 0.5) is 5.95 Å². The van der Waals surface area contributed by atoms with E-state index < -0.39 is 0 Å². The normalized spacial score (nSPS) is 23.4. The summed E-state index contributed by atoms with van der Waals surface area (Å²) in [4.78, 5) is 4.40. The predicted octanol–water partition coefficient (Wildman–Crippen LogP) is 2.48. The molecule has 1 aromatic heterocycles. The van der Waals surface area contributed by atoms with Crippen molar-refractivity contribution in [3.05, 3.63) is 11.4 Å². The molecule has 0 spiro atoms. The second kappa shape index (κ2) is 4.00. The van der Waals surface area contributed by atoms with Crippen molar-refractivity contribution < 1.29 is 0 Å². The number of rotatable bonds is 2. The zero-order valence-corrected chi connectivity index (χ0v) is 10.5. The van der Waals surface area contributed by atoms with Gasteiger partial charge < -0.3 is 5.32 Å². The van der Waals surface area contributed by atoms with Crippen LogP contribution in [0.15, 0.2) is 0 Å². The molecule has 0 radical (unpaired) electrons. The predicted molar refractivity (Wildman–Crippen MR) is 64.3 cm³/mol. The quantitative estimate of drug-likeness (QED) is 0.832. The van der Waals surface area contributed by atoms with Crippen LogP contribution in [0.25, 0.3) is 0 Å². The molecule has 88 valence electrons. The second-order valence-electron chi connectivity index (χ2n) is 5.55. The molecule has 0 bridgehead atoms. The van der Waals surface area contributed by atoms with Crippen molar-refractivity contribution >= 4 is 5.95 Å². The number of hydrogen-bond acceptors (Lipinski definition) is 4. The minimum atomic E-state index is 0.449. The van der Waals surface area contributed by atoms with Gasteiger partial charge in [-0.05, 0) is 38.5 Å². The molecule has 1 aliphatic rings. The number of aryl methyl sites for hydroxylation is 2. The zero-order valence-electron chi connectivity index (χ0n) is 10.5. The number of anilines is 1. The minimum absolute atomic E-state index is 0.449. The highest BCUT2D eigenvalue weighted by atomic mass is 15.2. The van der Waals surface area contributed by atoms with Gasteiger partial charge in [-0.3, -0.25) is 0 Å². The zero-order chi connectivity index (χ0) is 11.8. The Kier molecular flexibility index (Phi) is 2.82. The van der Waals surface area contributed by atoms with Crippen LogP contribution in [0.3, 0.4) is 0 Å². The lowest BCUT2D eigenvalue weighted by Gasteiger charge is -2.17. The molecule has 1 aliphatic carbocycles. The first-order valence-electron chi connectivity index (χ1n) is 5.91. The molecule has 16 heavy (non-hydrogen) atoms. The van der Waals surface area contributed by atoms with Gasteiger partial charge in [-0.1, -0.05) is 13.8 Å². The fourth-order valence-corrected chi connectivity index (χ4v) is 2.26. The molecule has 1 unspecified atom stereocenters. The van der Waals surface area contributed by atoms with Crippen molar-refractivity contribution in [2.24, 2.45) is 5.41 Å². The van der Waals surface area contributed by atoms with E-state index in [0.29, 0.717) is 17.4 Å². The first-order valence-corrected chi connectivity index (χ1v) is 5.91. The Morgan fingerprint density at radius 1 is 1.19 bits per heavy atom. The Labute approximate surface area is 96.9 Å². The lowest BCUT2D eigenvalue weighted by molar-refractivity contribution is 0.378. The summed E-state index contributed by atoms with van der Waals surface area (Å²) in [5.41, 5.74) is 2.30. The molecule has 2 rings (SSSR count). The van der Waals surface area contributed by atoms with Crippen LogP contribution in [-0.4, -0.2) is 21.2 Å². The number of hydrogen-bond donors (Lipinski definition) is 1. The minimum Gasteiger partial charge on any atom is -0.350 e. The monoisotopic (exact) mass is 220 g/mol. The lowest BCUT2D eigenvalue weighted by atomic mass is 9.92. The molecule has 4 nitrogen and oxygen atoms in total. The average molecular weight is 220 g/mol. The van der Waals surface area contributed by atoms with Crippen LogP contribution in [0, 0.1) is 19.3 Å². The van der Waals surface area contributed by atoms with Gasteiger partial charge in [-0.15, -0.1) is 5.10 Å². The van der Waals surface area contributed by atoms with E-state index in [1.165, 1.54) is 19.3 Å².